The number of aryl methyl sites for hydroxylation is 1. The minimum Gasteiger partial charge on any atom is -0.461 e. The van der Waals surface area contributed by atoms with Crippen LogP contribution < -0.4 is 4.90 Å². The van der Waals surface area contributed by atoms with Crippen LogP contribution >= 0.6 is 15.9 Å². The van der Waals surface area contributed by atoms with Crippen LogP contribution in [0.25, 0.3) is 0 Å². The van der Waals surface area contributed by atoms with Gasteiger partial charge in [-0.05, 0) is 55.0 Å². The van der Waals surface area contributed by atoms with Gasteiger partial charge in [-0.2, -0.15) is 0 Å². The smallest absolute Gasteiger partial charge is 0.340 e. The van der Waals surface area contributed by atoms with Crippen molar-refractivity contribution in [2.75, 3.05) is 18.0 Å². The number of hydrogen-bond acceptors (Lipinski definition) is 5. The Labute approximate surface area is 152 Å². The van der Waals surface area contributed by atoms with Crippen LogP contribution in [0.5, 0.6) is 0 Å². The highest BCUT2D eigenvalue weighted by Gasteiger charge is 2.31. The standard InChI is InChI=1S/C18H27BrN2O3/c1-11(2)24-17(23)16(22)13-10-20-12(3)14(19)15(13)21-8-6-18(4,5)7-9-21/h10-11,16,22H,6-9H2,1-5H3. The molecule has 1 atom stereocenters. The summed E-state index contributed by atoms with van der Waals surface area (Å²) < 4.78 is 5.99. The van der Waals surface area contributed by atoms with E-state index in [1.165, 1.54) is 0 Å². The van der Waals surface area contributed by atoms with Gasteiger partial charge in [-0.1, -0.05) is 13.8 Å². The van der Waals surface area contributed by atoms with Gasteiger partial charge in [0, 0.05) is 24.8 Å². The molecule has 0 aliphatic carbocycles. The Morgan fingerprint density at radius 3 is 2.50 bits per heavy atom. The second-order valence-corrected chi connectivity index (χ2v) is 8.29. The third-order valence-electron chi connectivity index (χ3n) is 4.50. The van der Waals surface area contributed by atoms with Crippen molar-refractivity contribution in [1.82, 2.24) is 4.98 Å². The van der Waals surface area contributed by atoms with Crippen molar-refractivity contribution in [3.8, 4) is 0 Å². The normalized spacial score (nSPS) is 18.6. The zero-order valence-corrected chi connectivity index (χ0v) is 16.7. The first kappa shape index (κ1) is 19.2. The Morgan fingerprint density at radius 2 is 1.96 bits per heavy atom. The Hall–Kier alpha value is -1.14. The van der Waals surface area contributed by atoms with E-state index in [9.17, 15) is 9.90 Å². The largest absolute Gasteiger partial charge is 0.461 e. The van der Waals surface area contributed by atoms with E-state index in [1.54, 1.807) is 20.0 Å². The van der Waals surface area contributed by atoms with Gasteiger partial charge in [0.15, 0.2) is 6.10 Å². The maximum atomic E-state index is 12.2. The van der Waals surface area contributed by atoms with E-state index < -0.39 is 12.1 Å². The Kier molecular flexibility index (Phi) is 5.91. The predicted octanol–water partition coefficient (Wildman–Crippen LogP) is 3.76. The fourth-order valence-corrected chi connectivity index (χ4v) is 3.45. The number of piperidine rings is 1. The molecule has 0 saturated carbocycles. The van der Waals surface area contributed by atoms with E-state index in [-0.39, 0.29) is 6.10 Å². The van der Waals surface area contributed by atoms with Crippen molar-refractivity contribution in [2.45, 2.75) is 59.7 Å². The van der Waals surface area contributed by atoms with Gasteiger partial charge >= 0.3 is 5.97 Å². The summed E-state index contributed by atoms with van der Waals surface area (Å²) >= 11 is 3.60. The lowest BCUT2D eigenvalue weighted by Crippen LogP contribution is -2.38. The minimum atomic E-state index is -1.33. The van der Waals surface area contributed by atoms with Gasteiger partial charge in [-0.25, -0.2) is 4.79 Å². The molecule has 5 nitrogen and oxygen atoms in total. The van der Waals surface area contributed by atoms with Gasteiger partial charge < -0.3 is 14.7 Å². The molecule has 0 amide bonds. The molecule has 0 radical (unpaired) electrons. The summed E-state index contributed by atoms with van der Waals surface area (Å²) in [5.74, 6) is -0.638. The first-order chi connectivity index (χ1) is 11.1. The van der Waals surface area contributed by atoms with Crippen LogP contribution in [0.2, 0.25) is 0 Å². The number of rotatable bonds is 4. The van der Waals surface area contributed by atoms with E-state index in [4.69, 9.17) is 4.74 Å². The zero-order valence-electron chi connectivity index (χ0n) is 15.1. The van der Waals surface area contributed by atoms with E-state index >= 15 is 0 Å². The lowest BCUT2D eigenvalue weighted by molar-refractivity contribution is -0.157. The average Bonchev–Trinajstić information content (AvgIpc) is 2.49. The maximum Gasteiger partial charge on any atom is 0.340 e. The fraction of sp³-hybridized carbons (Fsp3) is 0.667. The Balaban J connectivity index is 2.36. The summed E-state index contributed by atoms with van der Waals surface area (Å²) in [6.07, 6.45) is 2.11. The van der Waals surface area contributed by atoms with Gasteiger partial charge in [0.2, 0.25) is 0 Å². The number of esters is 1. The summed E-state index contributed by atoms with van der Waals surface area (Å²) in [4.78, 5) is 18.7. The second-order valence-electron chi connectivity index (χ2n) is 7.50. The highest BCUT2D eigenvalue weighted by molar-refractivity contribution is 9.10. The van der Waals surface area contributed by atoms with Crippen LogP contribution in [0.4, 0.5) is 5.69 Å². The van der Waals surface area contributed by atoms with Crippen molar-refractivity contribution in [3.63, 3.8) is 0 Å². The number of pyridine rings is 1. The summed E-state index contributed by atoms with van der Waals surface area (Å²) in [5, 5.41) is 10.5. The Bertz CT molecular complexity index is 607. The molecule has 2 heterocycles. The summed E-state index contributed by atoms with van der Waals surface area (Å²) in [6.45, 7) is 11.7. The van der Waals surface area contributed by atoms with Crippen LogP contribution in [0, 0.1) is 12.3 Å². The number of anilines is 1. The molecule has 0 aromatic carbocycles. The van der Waals surface area contributed by atoms with Crippen LogP contribution in [-0.4, -0.2) is 35.3 Å². The topological polar surface area (TPSA) is 62.7 Å². The van der Waals surface area contributed by atoms with E-state index in [1.807, 2.05) is 6.92 Å². The van der Waals surface area contributed by atoms with E-state index in [0.29, 0.717) is 11.0 Å². The number of aliphatic hydroxyl groups excluding tert-OH is 1. The SMILES string of the molecule is Cc1ncc(C(O)C(=O)OC(C)C)c(N2CCC(C)(C)CC2)c1Br. The van der Waals surface area contributed by atoms with Crippen molar-refractivity contribution in [2.24, 2.45) is 5.41 Å². The number of ether oxygens (including phenoxy) is 1. The third-order valence-corrected chi connectivity index (χ3v) is 5.45. The molecule has 1 saturated heterocycles. The van der Waals surface area contributed by atoms with E-state index in [2.05, 4.69) is 39.7 Å². The van der Waals surface area contributed by atoms with Crippen molar-refractivity contribution < 1.29 is 14.6 Å². The lowest BCUT2D eigenvalue weighted by atomic mass is 9.82. The van der Waals surface area contributed by atoms with Crippen molar-refractivity contribution >= 4 is 27.6 Å². The molecule has 1 aromatic heterocycles. The van der Waals surface area contributed by atoms with E-state index in [0.717, 1.165) is 41.8 Å². The number of carbonyl (C=O) groups excluding carboxylic acids is 1. The first-order valence-electron chi connectivity index (χ1n) is 8.41. The van der Waals surface area contributed by atoms with Gasteiger partial charge in [0.05, 0.1) is 22.0 Å². The summed E-state index contributed by atoms with van der Waals surface area (Å²) in [5.41, 5.74) is 2.51. The van der Waals surface area contributed by atoms with Crippen molar-refractivity contribution in [1.29, 1.82) is 0 Å². The summed E-state index contributed by atoms with van der Waals surface area (Å²) in [6, 6.07) is 0. The molecule has 1 N–H and O–H groups in total. The maximum absolute atomic E-state index is 12.2. The van der Waals surface area contributed by atoms with Crippen LogP contribution in [-0.2, 0) is 9.53 Å². The number of hydrogen-bond donors (Lipinski definition) is 1. The molecule has 1 fully saturated rings. The lowest BCUT2D eigenvalue weighted by Gasteiger charge is -2.39. The quantitative estimate of drug-likeness (QED) is 0.782. The van der Waals surface area contributed by atoms with Crippen LogP contribution in [0.15, 0.2) is 10.7 Å². The van der Waals surface area contributed by atoms with Crippen LogP contribution in [0.1, 0.15) is 57.9 Å². The Morgan fingerprint density at radius 1 is 1.38 bits per heavy atom. The third kappa shape index (κ3) is 4.28. The molecule has 134 valence electrons. The highest BCUT2D eigenvalue weighted by Crippen LogP contribution is 2.40. The number of aromatic nitrogens is 1. The molecule has 1 aliphatic rings. The molecule has 0 spiro atoms. The molecule has 1 aliphatic heterocycles. The number of nitrogens with zero attached hydrogens (tertiary/aromatic N) is 2. The fourth-order valence-electron chi connectivity index (χ4n) is 2.86. The number of halogens is 1. The molecular weight excluding hydrogens is 372 g/mol. The van der Waals surface area contributed by atoms with Crippen LogP contribution in [0.3, 0.4) is 0 Å². The minimum absolute atomic E-state index is 0.270. The molecule has 0 bridgehead atoms. The average molecular weight is 399 g/mol. The highest BCUT2D eigenvalue weighted by atomic mass is 79.9. The van der Waals surface area contributed by atoms with Gasteiger partial charge in [-0.3, -0.25) is 4.98 Å². The number of aliphatic hydroxyl groups is 1. The molecule has 24 heavy (non-hydrogen) atoms. The van der Waals surface area contributed by atoms with Crippen molar-refractivity contribution in [3.05, 3.63) is 21.9 Å². The molecular formula is C18H27BrN2O3. The monoisotopic (exact) mass is 398 g/mol. The molecule has 1 unspecified atom stereocenters. The van der Waals surface area contributed by atoms with Gasteiger partial charge in [0.1, 0.15) is 0 Å². The van der Waals surface area contributed by atoms with Gasteiger partial charge in [-0.15, -0.1) is 0 Å². The molecule has 1 aromatic rings. The second kappa shape index (κ2) is 7.40. The molecule has 6 heteroatoms. The van der Waals surface area contributed by atoms with Gasteiger partial charge in [0.25, 0.3) is 0 Å². The number of carbonyl (C=O) groups is 1. The summed E-state index contributed by atoms with van der Waals surface area (Å²) in [7, 11) is 0. The predicted molar refractivity (Wildman–Crippen MR) is 98.1 cm³/mol. The molecule has 2 rings (SSSR count). The first-order valence-corrected chi connectivity index (χ1v) is 9.20. The zero-order chi connectivity index (χ0) is 18.1.